The number of rotatable bonds is 7. The number of benzene rings is 2. The Morgan fingerprint density at radius 2 is 1.22 bits per heavy atom. The normalized spacial score (nSPS) is 27.0. The molecule has 0 aromatic heterocycles. The van der Waals surface area contributed by atoms with Crippen LogP contribution in [0.5, 0.6) is 0 Å². The predicted octanol–water partition coefficient (Wildman–Crippen LogP) is 8.09. The van der Waals surface area contributed by atoms with Crippen LogP contribution in [0.25, 0.3) is 11.1 Å². The SMILES string of the molecule is CCCCCC12CCC(c3ccc(-c4ccc(CC)cc4)cc3)(CC1)CC2. The summed E-state index contributed by atoms with van der Waals surface area (Å²) in [7, 11) is 0. The summed E-state index contributed by atoms with van der Waals surface area (Å²) in [5.41, 5.74) is 6.92. The third-order valence-corrected chi connectivity index (χ3v) is 7.91. The van der Waals surface area contributed by atoms with Crippen molar-refractivity contribution in [3.8, 4) is 11.1 Å². The van der Waals surface area contributed by atoms with Gasteiger partial charge in [0, 0.05) is 0 Å². The first-order valence-electron chi connectivity index (χ1n) is 11.4. The molecule has 0 spiro atoms. The number of unbranched alkanes of at least 4 members (excludes halogenated alkanes) is 2. The van der Waals surface area contributed by atoms with Gasteiger partial charge in [0.05, 0.1) is 0 Å². The molecule has 0 heteroatoms. The second kappa shape index (κ2) is 7.82. The van der Waals surface area contributed by atoms with Crippen molar-refractivity contribution in [3.05, 3.63) is 59.7 Å². The van der Waals surface area contributed by atoms with Gasteiger partial charge in [-0.1, -0.05) is 81.6 Å². The predicted molar refractivity (Wildman–Crippen MR) is 117 cm³/mol. The minimum Gasteiger partial charge on any atom is -0.0654 e. The Balaban J connectivity index is 1.45. The van der Waals surface area contributed by atoms with Crippen LogP contribution in [-0.4, -0.2) is 0 Å². The van der Waals surface area contributed by atoms with Crippen molar-refractivity contribution >= 4 is 0 Å². The lowest BCUT2D eigenvalue weighted by atomic mass is 9.51. The molecule has 0 nitrogen and oxygen atoms in total. The van der Waals surface area contributed by atoms with Gasteiger partial charge >= 0.3 is 0 Å². The Bertz CT molecular complexity index is 710. The van der Waals surface area contributed by atoms with Crippen LogP contribution in [0.1, 0.15) is 89.2 Å². The highest BCUT2D eigenvalue weighted by atomic mass is 14.5. The van der Waals surface area contributed by atoms with E-state index >= 15 is 0 Å². The van der Waals surface area contributed by atoms with E-state index in [0.29, 0.717) is 10.8 Å². The van der Waals surface area contributed by atoms with Crippen molar-refractivity contribution < 1.29 is 0 Å². The monoisotopic (exact) mass is 360 g/mol. The molecule has 0 unspecified atom stereocenters. The molecule has 0 radical (unpaired) electrons. The molecular weight excluding hydrogens is 324 g/mol. The smallest absolute Gasteiger partial charge is 0.00463 e. The maximum atomic E-state index is 2.44. The summed E-state index contributed by atoms with van der Waals surface area (Å²) in [6.07, 6.45) is 15.5. The third-order valence-electron chi connectivity index (χ3n) is 7.91. The van der Waals surface area contributed by atoms with Gasteiger partial charge in [-0.25, -0.2) is 0 Å². The first-order chi connectivity index (χ1) is 13.2. The Hall–Kier alpha value is -1.56. The second-order valence-electron chi connectivity index (χ2n) is 9.37. The van der Waals surface area contributed by atoms with Gasteiger partial charge < -0.3 is 0 Å². The summed E-state index contributed by atoms with van der Waals surface area (Å²) in [6.45, 7) is 4.54. The Morgan fingerprint density at radius 1 is 0.667 bits per heavy atom. The van der Waals surface area contributed by atoms with Crippen molar-refractivity contribution in [2.75, 3.05) is 0 Å². The number of fused-ring (bicyclic) bond motifs is 3. The van der Waals surface area contributed by atoms with Crippen LogP contribution < -0.4 is 0 Å². The maximum Gasteiger partial charge on any atom is -0.00463 e. The molecule has 2 aromatic rings. The minimum absolute atomic E-state index is 0.483. The van der Waals surface area contributed by atoms with Crippen LogP contribution in [-0.2, 0) is 11.8 Å². The van der Waals surface area contributed by atoms with E-state index in [2.05, 4.69) is 62.4 Å². The van der Waals surface area contributed by atoms with Gasteiger partial charge in [0.15, 0.2) is 0 Å². The van der Waals surface area contributed by atoms with Crippen molar-refractivity contribution in [1.29, 1.82) is 0 Å². The van der Waals surface area contributed by atoms with Crippen molar-refractivity contribution in [2.45, 2.75) is 89.9 Å². The average Bonchev–Trinajstić information content (AvgIpc) is 2.75. The zero-order chi connectivity index (χ0) is 18.7. The summed E-state index contributed by atoms with van der Waals surface area (Å²) >= 11 is 0. The fourth-order valence-corrected chi connectivity index (χ4v) is 5.77. The van der Waals surface area contributed by atoms with Gasteiger partial charge in [0.1, 0.15) is 0 Å². The summed E-state index contributed by atoms with van der Waals surface area (Å²) in [5.74, 6) is 0. The van der Waals surface area contributed by atoms with Crippen molar-refractivity contribution in [2.24, 2.45) is 5.41 Å². The molecule has 3 saturated carbocycles. The highest BCUT2D eigenvalue weighted by molar-refractivity contribution is 5.64. The molecule has 2 aromatic carbocycles. The second-order valence-corrected chi connectivity index (χ2v) is 9.37. The molecule has 0 atom stereocenters. The highest BCUT2D eigenvalue weighted by Gasteiger charge is 2.48. The molecule has 5 rings (SSSR count). The third kappa shape index (κ3) is 3.73. The molecule has 3 aliphatic carbocycles. The molecular formula is C27H36. The fraction of sp³-hybridized carbons (Fsp3) is 0.556. The summed E-state index contributed by atoms with van der Waals surface area (Å²) in [6, 6.07) is 18.7. The molecule has 27 heavy (non-hydrogen) atoms. The Kier molecular flexibility index (Phi) is 5.44. The van der Waals surface area contributed by atoms with Crippen LogP contribution in [0.4, 0.5) is 0 Å². The van der Waals surface area contributed by atoms with E-state index in [4.69, 9.17) is 0 Å². The van der Waals surface area contributed by atoms with E-state index in [-0.39, 0.29) is 0 Å². The fourth-order valence-electron chi connectivity index (χ4n) is 5.77. The van der Waals surface area contributed by atoms with Crippen LogP contribution >= 0.6 is 0 Å². The molecule has 0 saturated heterocycles. The van der Waals surface area contributed by atoms with Crippen molar-refractivity contribution in [1.82, 2.24) is 0 Å². The van der Waals surface area contributed by atoms with Crippen LogP contribution in [0, 0.1) is 5.41 Å². The van der Waals surface area contributed by atoms with Gasteiger partial charge in [-0.15, -0.1) is 0 Å². The van der Waals surface area contributed by atoms with Gasteiger partial charge in [0.25, 0.3) is 0 Å². The van der Waals surface area contributed by atoms with Crippen LogP contribution in [0.15, 0.2) is 48.5 Å². The lowest BCUT2D eigenvalue weighted by Crippen LogP contribution is -2.44. The molecule has 3 fully saturated rings. The van der Waals surface area contributed by atoms with E-state index < -0.39 is 0 Å². The molecule has 0 aliphatic heterocycles. The Morgan fingerprint density at radius 3 is 1.74 bits per heavy atom. The van der Waals surface area contributed by atoms with Crippen LogP contribution in [0.3, 0.4) is 0 Å². The minimum atomic E-state index is 0.483. The standard InChI is InChI=1S/C27H36/c1-3-5-6-15-26-16-19-27(20-17-26,21-18-26)25-13-11-24(12-14-25)23-9-7-22(4-2)8-10-23/h7-14H,3-6,15-21H2,1-2H3. The number of hydrogen-bond donors (Lipinski definition) is 0. The van der Waals surface area contributed by atoms with Crippen molar-refractivity contribution in [3.63, 3.8) is 0 Å². The Labute approximate surface area is 166 Å². The first-order valence-corrected chi connectivity index (χ1v) is 11.4. The summed E-state index contributed by atoms with van der Waals surface area (Å²) in [4.78, 5) is 0. The lowest BCUT2D eigenvalue weighted by Gasteiger charge is -2.54. The highest BCUT2D eigenvalue weighted by Crippen LogP contribution is 2.59. The van der Waals surface area contributed by atoms with E-state index in [9.17, 15) is 0 Å². The molecule has 3 aliphatic rings. The quantitative estimate of drug-likeness (QED) is 0.438. The van der Waals surface area contributed by atoms with Crippen LogP contribution in [0.2, 0.25) is 0 Å². The van der Waals surface area contributed by atoms with Gasteiger partial charge in [0.2, 0.25) is 0 Å². The zero-order valence-electron chi connectivity index (χ0n) is 17.4. The molecule has 0 heterocycles. The van der Waals surface area contributed by atoms with E-state index in [0.717, 1.165) is 6.42 Å². The molecule has 0 amide bonds. The first kappa shape index (κ1) is 18.8. The van der Waals surface area contributed by atoms with E-state index in [1.54, 1.807) is 5.56 Å². The molecule has 0 N–H and O–H groups in total. The number of aryl methyl sites for hydroxylation is 1. The summed E-state index contributed by atoms with van der Waals surface area (Å²) < 4.78 is 0. The number of hydrogen-bond acceptors (Lipinski definition) is 0. The topological polar surface area (TPSA) is 0 Å². The lowest BCUT2D eigenvalue weighted by molar-refractivity contribution is 0.0305. The largest absolute Gasteiger partial charge is 0.0654 e. The summed E-state index contributed by atoms with van der Waals surface area (Å²) in [5, 5.41) is 0. The van der Waals surface area contributed by atoms with Gasteiger partial charge in [-0.05, 0) is 84.5 Å². The molecule has 144 valence electrons. The average molecular weight is 361 g/mol. The van der Waals surface area contributed by atoms with Gasteiger partial charge in [-0.2, -0.15) is 0 Å². The molecule has 2 bridgehead atoms. The van der Waals surface area contributed by atoms with E-state index in [1.807, 2.05) is 0 Å². The zero-order valence-corrected chi connectivity index (χ0v) is 17.4. The maximum absolute atomic E-state index is 2.44. The van der Waals surface area contributed by atoms with E-state index in [1.165, 1.54) is 80.9 Å². The van der Waals surface area contributed by atoms with Gasteiger partial charge in [-0.3, -0.25) is 0 Å².